The third kappa shape index (κ3) is 1.82. The zero-order valence-electron chi connectivity index (χ0n) is 8.80. The van der Waals surface area contributed by atoms with Crippen LogP contribution in [0.25, 0.3) is 0 Å². The van der Waals surface area contributed by atoms with Crippen LogP contribution in [0.5, 0.6) is 0 Å². The summed E-state index contributed by atoms with van der Waals surface area (Å²) in [6.45, 7) is 8.81. The molecule has 1 fully saturated rings. The summed E-state index contributed by atoms with van der Waals surface area (Å²) >= 11 is 0. The van der Waals surface area contributed by atoms with Gasteiger partial charge >= 0.3 is 0 Å². The summed E-state index contributed by atoms with van der Waals surface area (Å²) in [5.74, 6) is 1.65. The second kappa shape index (κ2) is 3.37. The lowest BCUT2D eigenvalue weighted by Gasteiger charge is -2.04. The molecule has 0 amide bonds. The van der Waals surface area contributed by atoms with Crippen molar-refractivity contribution in [3.05, 3.63) is 0 Å². The summed E-state index contributed by atoms with van der Waals surface area (Å²) in [5, 5.41) is 9.28. The molecule has 1 nitrogen and oxygen atoms in total. The zero-order valence-corrected chi connectivity index (χ0v) is 8.80. The SMILES string of the molecule is CCC[C@H]1[C@@H](C[C@@H](C)O)C1(C)C. The minimum Gasteiger partial charge on any atom is -0.393 e. The Morgan fingerprint density at radius 1 is 1.33 bits per heavy atom. The predicted molar refractivity (Wildman–Crippen MR) is 52.0 cm³/mol. The molecular formula is C11H22O. The molecular weight excluding hydrogens is 148 g/mol. The van der Waals surface area contributed by atoms with Crippen LogP contribution in [0.3, 0.4) is 0 Å². The second-order valence-electron chi connectivity index (χ2n) is 4.91. The van der Waals surface area contributed by atoms with Crippen LogP contribution < -0.4 is 0 Å². The summed E-state index contributed by atoms with van der Waals surface area (Å²) < 4.78 is 0. The highest BCUT2D eigenvalue weighted by molar-refractivity contribution is 5.04. The molecule has 1 rings (SSSR count). The van der Waals surface area contributed by atoms with Crippen molar-refractivity contribution in [2.24, 2.45) is 17.3 Å². The van der Waals surface area contributed by atoms with Crippen LogP contribution in [0.15, 0.2) is 0 Å². The Morgan fingerprint density at radius 2 is 1.92 bits per heavy atom. The van der Waals surface area contributed by atoms with Gasteiger partial charge in [0.25, 0.3) is 0 Å². The third-order valence-corrected chi connectivity index (χ3v) is 3.48. The van der Waals surface area contributed by atoms with Crippen molar-refractivity contribution in [3.8, 4) is 0 Å². The van der Waals surface area contributed by atoms with E-state index in [2.05, 4.69) is 20.8 Å². The fourth-order valence-electron chi connectivity index (χ4n) is 2.58. The van der Waals surface area contributed by atoms with E-state index >= 15 is 0 Å². The molecule has 1 aliphatic carbocycles. The van der Waals surface area contributed by atoms with E-state index in [4.69, 9.17) is 0 Å². The van der Waals surface area contributed by atoms with Crippen molar-refractivity contribution < 1.29 is 5.11 Å². The quantitative estimate of drug-likeness (QED) is 0.688. The minimum atomic E-state index is -0.115. The molecule has 0 spiro atoms. The van der Waals surface area contributed by atoms with Gasteiger partial charge in [-0.2, -0.15) is 0 Å². The average molecular weight is 170 g/mol. The zero-order chi connectivity index (χ0) is 9.35. The molecule has 1 aliphatic rings. The van der Waals surface area contributed by atoms with Gasteiger partial charge in [-0.25, -0.2) is 0 Å². The Bertz CT molecular complexity index is 149. The van der Waals surface area contributed by atoms with Gasteiger partial charge in [-0.05, 0) is 37.0 Å². The number of hydrogen-bond acceptors (Lipinski definition) is 1. The number of aliphatic hydroxyl groups is 1. The molecule has 0 heterocycles. The van der Waals surface area contributed by atoms with E-state index in [9.17, 15) is 5.11 Å². The molecule has 0 aliphatic heterocycles. The van der Waals surface area contributed by atoms with Gasteiger partial charge in [0, 0.05) is 0 Å². The number of rotatable bonds is 4. The first kappa shape index (κ1) is 10.0. The highest BCUT2D eigenvalue weighted by Gasteiger charge is 2.56. The van der Waals surface area contributed by atoms with Gasteiger partial charge < -0.3 is 5.11 Å². The molecule has 0 aromatic heterocycles. The average Bonchev–Trinajstić information content (AvgIpc) is 2.39. The maximum Gasteiger partial charge on any atom is 0.0515 e. The Hall–Kier alpha value is -0.0400. The molecule has 1 heteroatoms. The van der Waals surface area contributed by atoms with Crippen molar-refractivity contribution in [2.75, 3.05) is 0 Å². The molecule has 1 N–H and O–H groups in total. The minimum absolute atomic E-state index is 0.115. The van der Waals surface area contributed by atoms with E-state index in [0.717, 1.165) is 18.3 Å². The number of hydrogen-bond donors (Lipinski definition) is 1. The molecule has 3 atom stereocenters. The maximum atomic E-state index is 9.28. The van der Waals surface area contributed by atoms with Crippen LogP contribution in [-0.4, -0.2) is 11.2 Å². The van der Waals surface area contributed by atoms with Crippen LogP contribution in [0.1, 0.15) is 47.0 Å². The molecule has 12 heavy (non-hydrogen) atoms. The van der Waals surface area contributed by atoms with E-state index in [-0.39, 0.29) is 6.10 Å². The summed E-state index contributed by atoms with van der Waals surface area (Å²) in [5.41, 5.74) is 0.507. The molecule has 1 saturated carbocycles. The van der Waals surface area contributed by atoms with Crippen molar-refractivity contribution in [1.82, 2.24) is 0 Å². The van der Waals surface area contributed by atoms with Gasteiger partial charge in [0.15, 0.2) is 0 Å². The summed E-state index contributed by atoms with van der Waals surface area (Å²) in [4.78, 5) is 0. The Kier molecular flexibility index (Phi) is 2.82. The Labute approximate surface area is 76.2 Å². The normalized spacial score (nSPS) is 34.8. The molecule has 0 bridgehead atoms. The first-order valence-electron chi connectivity index (χ1n) is 5.18. The van der Waals surface area contributed by atoms with Crippen LogP contribution in [0.2, 0.25) is 0 Å². The highest BCUT2D eigenvalue weighted by Crippen LogP contribution is 2.62. The molecule has 0 aromatic carbocycles. The number of aliphatic hydroxyl groups excluding tert-OH is 1. The molecule has 0 radical (unpaired) electrons. The summed E-state index contributed by atoms with van der Waals surface area (Å²) in [7, 11) is 0. The van der Waals surface area contributed by atoms with Gasteiger partial charge in [-0.15, -0.1) is 0 Å². The molecule has 0 aromatic rings. The van der Waals surface area contributed by atoms with E-state index in [1.54, 1.807) is 0 Å². The highest BCUT2D eigenvalue weighted by atomic mass is 16.3. The predicted octanol–water partition coefficient (Wildman–Crippen LogP) is 2.83. The van der Waals surface area contributed by atoms with Gasteiger partial charge in [0.2, 0.25) is 0 Å². The van der Waals surface area contributed by atoms with Gasteiger partial charge in [0.05, 0.1) is 6.10 Å². The fraction of sp³-hybridized carbons (Fsp3) is 1.00. The molecule has 0 saturated heterocycles. The van der Waals surface area contributed by atoms with Gasteiger partial charge in [-0.1, -0.05) is 27.2 Å². The smallest absolute Gasteiger partial charge is 0.0515 e. The Morgan fingerprint density at radius 3 is 2.33 bits per heavy atom. The van der Waals surface area contributed by atoms with Crippen LogP contribution >= 0.6 is 0 Å². The second-order valence-corrected chi connectivity index (χ2v) is 4.91. The largest absolute Gasteiger partial charge is 0.393 e. The fourth-order valence-corrected chi connectivity index (χ4v) is 2.58. The van der Waals surface area contributed by atoms with E-state index in [1.165, 1.54) is 12.8 Å². The van der Waals surface area contributed by atoms with E-state index in [1.807, 2.05) is 6.92 Å². The first-order chi connectivity index (χ1) is 5.50. The summed E-state index contributed by atoms with van der Waals surface area (Å²) in [6.07, 6.45) is 3.50. The summed E-state index contributed by atoms with van der Waals surface area (Å²) in [6, 6.07) is 0. The van der Waals surface area contributed by atoms with Crippen LogP contribution in [-0.2, 0) is 0 Å². The lowest BCUT2D eigenvalue weighted by molar-refractivity contribution is 0.170. The monoisotopic (exact) mass is 170 g/mol. The lowest BCUT2D eigenvalue weighted by Crippen LogP contribution is -2.03. The molecule has 72 valence electrons. The van der Waals surface area contributed by atoms with Gasteiger partial charge in [0.1, 0.15) is 0 Å². The lowest BCUT2D eigenvalue weighted by atomic mass is 10.1. The van der Waals surface area contributed by atoms with Crippen LogP contribution in [0.4, 0.5) is 0 Å². The van der Waals surface area contributed by atoms with Crippen molar-refractivity contribution >= 4 is 0 Å². The molecule has 0 unspecified atom stereocenters. The third-order valence-electron chi connectivity index (χ3n) is 3.48. The van der Waals surface area contributed by atoms with Gasteiger partial charge in [-0.3, -0.25) is 0 Å². The van der Waals surface area contributed by atoms with E-state index < -0.39 is 0 Å². The van der Waals surface area contributed by atoms with Crippen LogP contribution in [0, 0.1) is 17.3 Å². The first-order valence-corrected chi connectivity index (χ1v) is 5.18. The van der Waals surface area contributed by atoms with E-state index in [0.29, 0.717) is 5.41 Å². The maximum absolute atomic E-state index is 9.28. The van der Waals surface area contributed by atoms with Crippen molar-refractivity contribution in [3.63, 3.8) is 0 Å². The standard InChI is InChI=1S/C11H22O/c1-5-6-9-10(7-8(2)12)11(9,3)4/h8-10,12H,5-7H2,1-4H3/t8-,9+,10-/m1/s1. The van der Waals surface area contributed by atoms with Crippen molar-refractivity contribution in [1.29, 1.82) is 0 Å². The topological polar surface area (TPSA) is 20.2 Å². The van der Waals surface area contributed by atoms with Crippen molar-refractivity contribution in [2.45, 2.75) is 53.1 Å². The Balaban J connectivity index is 2.37.